The topological polar surface area (TPSA) is 43.8 Å². The molecule has 0 aromatic carbocycles. The minimum absolute atomic E-state index is 0.242. The average molecular weight is 438 g/mol. The number of nitrogens with zero attached hydrogens (tertiary/aromatic N) is 4. The van der Waals surface area contributed by atoms with Crippen molar-refractivity contribution < 1.29 is 13.2 Å². The Morgan fingerprint density at radius 2 is 2.29 bits per heavy atom. The van der Waals surface area contributed by atoms with E-state index in [9.17, 15) is 13.2 Å². The number of nitrogens with one attached hydrogen (secondary N) is 1. The largest absolute Gasteiger partial charge is 0.401 e. The third kappa shape index (κ3) is 8.57. The lowest BCUT2D eigenvalue weighted by Gasteiger charge is -2.26. The molecule has 1 aromatic heterocycles. The summed E-state index contributed by atoms with van der Waals surface area (Å²) in [4.78, 5) is 12.6. The zero-order chi connectivity index (χ0) is 20.4. The molecule has 2 rings (SSSR count). The zero-order valence-electron chi connectivity index (χ0n) is 16.5. The Balaban J connectivity index is 1.78. The summed E-state index contributed by atoms with van der Waals surface area (Å²) >= 11 is 3.39. The van der Waals surface area contributed by atoms with Crippen LogP contribution in [-0.2, 0) is 0 Å². The molecule has 28 heavy (non-hydrogen) atoms. The van der Waals surface area contributed by atoms with Crippen molar-refractivity contribution in [1.29, 1.82) is 0 Å². The van der Waals surface area contributed by atoms with E-state index in [2.05, 4.69) is 15.2 Å². The number of aliphatic imine (C=N–C) groups is 1. The molecule has 0 bridgehead atoms. The fourth-order valence-corrected chi connectivity index (χ4v) is 4.85. The monoisotopic (exact) mass is 437 g/mol. The van der Waals surface area contributed by atoms with Gasteiger partial charge < -0.3 is 10.2 Å². The maximum absolute atomic E-state index is 12.7. The smallest absolute Gasteiger partial charge is 0.357 e. The van der Waals surface area contributed by atoms with Crippen molar-refractivity contribution in [2.45, 2.75) is 37.2 Å². The lowest BCUT2D eigenvalue weighted by atomic mass is 10.1. The highest BCUT2D eigenvalue weighted by Gasteiger charge is 2.32. The summed E-state index contributed by atoms with van der Waals surface area (Å²) in [6.45, 7) is 7.00. The van der Waals surface area contributed by atoms with Gasteiger partial charge in [-0.15, -0.1) is 11.3 Å². The van der Waals surface area contributed by atoms with Gasteiger partial charge in [0.15, 0.2) is 5.96 Å². The fourth-order valence-electron chi connectivity index (χ4n) is 3.21. The van der Waals surface area contributed by atoms with Crippen LogP contribution in [0.2, 0.25) is 0 Å². The minimum Gasteiger partial charge on any atom is -0.357 e. The summed E-state index contributed by atoms with van der Waals surface area (Å²) in [7, 11) is 0. The first-order valence-electron chi connectivity index (χ1n) is 9.76. The van der Waals surface area contributed by atoms with Gasteiger partial charge in [-0.25, -0.2) is 4.98 Å². The number of thioether (sulfide) groups is 1. The van der Waals surface area contributed by atoms with Crippen LogP contribution in [0.5, 0.6) is 0 Å². The van der Waals surface area contributed by atoms with E-state index in [1.807, 2.05) is 18.5 Å². The predicted molar refractivity (Wildman–Crippen MR) is 111 cm³/mol. The highest BCUT2D eigenvalue weighted by Crippen LogP contribution is 2.22. The van der Waals surface area contributed by atoms with Gasteiger partial charge in [0.25, 0.3) is 0 Å². The number of likely N-dealkylation sites (tertiary alicyclic amines) is 1. The lowest BCUT2D eigenvalue weighted by Crippen LogP contribution is -2.42. The van der Waals surface area contributed by atoms with Gasteiger partial charge in [-0.05, 0) is 32.2 Å². The van der Waals surface area contributed by atoms with E-state index in [1.54, 1.807) is 30.0 Å². The number of hydrogen-bond acceptors (Lipinski definition) is 5. The predicted octanol–water partition coefficient (Wildman–Crippen LogP) is 3.80. The molecule has 1 saturated heterocycles. The molecule has 5 nitrogen and oxygen atoms in total. The summed E-state index contributed by atoms with van der Waals surface area (Å²) in [6.07, 6.45) is -0.460. The second-order valence-corrected chi connectivity index (χ2v) is 9.02. The summed E-state index contributed by atoms with van der Waals surface area (Å²) in [5.74, 6) is 2.09. The van der Waals surface area contributed by atoms with Crippen LogP contribution in [-0.4, -0.2) is 78.5 Å². The SMILES string of the molecule is CCNC(=NCCCSc1nccs1)N1CCC(CN(CC)CC(F)(F)F)C1. The number of alkyl halides is 3. The zero-order valence-corrected chi connectivity index (χ0v) is 18.2. The van der Waals surface area contributed by atoms with Crippen molar-refractivity contribution in [3.63, 3.8) is 0 Å². The van der Waals surface area contributed by atoms with Gasteiger partial charge in [0, 0.05) is 50.1 Å². The van der Waals surface area contributed by atoms with Gasteiger partial charge in [-0.3, -0.25) is 9.89 Å². The van der Waals surface area contributed by atoms with E-state index in [4.69, 9.17) is 4.99 Å². The molecule has 0 spiro atoms. The van der Waals surface area contributed by atoms with Gasteiger partial charge in [0.05, 0.1) is 6.54 Å². The Labute approximate surface area is 173 Å². The second-order valence-electron chi connectivity index (χ2n) is 6.78. The Kier molecular flexibility index (Phi) is 9.87. The number of rotatable bonds is 10. The Morgan fingerprint density at radius 1 is 1.46 bits per heavy atom. The highest BCUT2D eigenvalue weighted by molar-refractivity contribution is 8.00. The Hall–Kier alpha value is -1.00. The van der Waals surface area contributed by atoms with E-state index in [-0.39, 0.29) is 5.92 Å². The molecule has 1 aliphatic rings. The van der Waals surface area contributed by atoms with E-state index in [0.29, 0.717) is 13.1 Å². The van der Waals surface area contributed by atoms with Crippen LogP contribution < -0.4 is 5.32 Å². The van der Waals surface area contributed by atoms with Crippen LogP contribution in [0, 0.1) is 5.92 Å². The Bertz CT molecular complexity index is 580. The molecule has 160 valence electrons. The van der Waals surface area contributed by atoms with Crippen molar-refractivity contribution in [3.8, 4) is 0 Å². The van der Waals surface area contributed by atoms with Crippen LogP contribution in [0.25, 0.3) is 0 Å². The molecule has 0 amide bonds. The van der Waals surface area contributed by atoms with Crippen LogP contribution in [0.4, 0.5) is 13.2 Å². The molecule has 1 aromatic rings. The summed E-state index contributed by atoms with van der Waals surface area (Å²) in [5, 5.41) is 5.29. The molecule has 1 aliphatic heterocycles. The van der Waals surface area contributed by atoms with Crippen molar-refractivity contribution in [1.82, 2.24) is 20.1 Å². The van der Waals surface area contributed by atoms with Crippen molar-refractivity contribution in [2.75, 3.05) is 51.6 Å². The summed E-state index contributed by atoms with van der Waals surface area (Å²) < 4.78 is 39.1. The number of halogens is 3. The molecular formula is C18H30F3N5S2. The molecule has 1 N–H and O–H groups in total. The average Bonchev–Trinajstić information content (AvgIpc) is 3.30. The van der Waals surface area contributed by atoms with Crippen LogP contribution in [0.3, 0.4) is 0 Å². The molecule has 0 aliphatic carbocycles. The summed E-state index contributed by atoms with van der Waals surface area (Å²) in [6, 6.07) is 0. The van der Waals surface area contributed by atoms with Crippen molar-refractivity contribution in [3.05, 3.63) is 11.6 Å². The lowest BCUT2D eigenvalue weighted by molar-refractivity contribution is -0.146. The molecule has 1 fully saturated rings. The molecule has 0 saturated carbocycles. The standard InChI is InChI=1S/C18H30F3N5S2/c1-3-22-16(23-7-5-10-27-17-24-8-11-28-17)26-9-6-15(13-26)12-25(4-2)14-18(19,20)21/h8,11,15H,3-7,9-10,12-14H2,1-2H3,(H,22,23). The molecule has 2 heterocycles. The third-order valence-electron chi connectivity index (χ3n) is 4.49. The first-order valence-corrected chi connectivity index (χ1v) is 11.6. The number of hydrogen-bond donors (Lipinski definition) is 1. The minimum atomic E-state index is -4.14. The normalized spacial score (nSPS) is 18.3. The molecule has 1 atom stereocenters. The van der Waals surface area contributed by atoms with E-state index >= 15 is 0 Å². The maximum atomic E-state index is 12.7. The van der Waals surface area contributed by atoms with Gasteiger partial charge in [-0.1, -0.05) is 18.7 Å². The van der Waals surface area contributed by atoms with Crippen molar-refractivity contribution >= 4 is 29.1 Å². The fraction of sp³-hybridized carbons (Fsp3) is 0.778. The van der Waals surface area contributed by atoms with Crippen LogP contribution >= 0.6 is 23.1 Å². The maximum Gasteiger partial charge on any atom is 0.401 e. The van der Waals surface area contributed by atoms with Crippen LogP contribution in [0.1, 0.15) is 26.7 Å². The quantitative estimate of drug-likeness (QED) is 0.261. The van der Waals surface area contributed by atoms with Gasteiger partial charge in [-0.2, -0.15) is 13.2 Å². The van der Waals surface area contributed by atoms with E-state index in [0.717, 1.165) is 55.1 Å². The number of aromatic nitrogens is 1. The molecule has 1 unspecified atom stereocenters. The van der Waals surface area contributed by atoms with Gasteiger partial charge in [0.2, 0.25) is 0 Å². The highest BCUT2D eigenvalue weighted by atomic mass is 32.2. The van der Waals surface area contributed by atoms with Gasteiger partial charge in [0.1, 0.15) is 4.34 Å². The number of thiazole rings is 1. The Morgan fingerprint density at radius 3 is 2.93 bits per heavy atom. The second kappa shape index (κ2) is 11.9. The summed E-state index contributed by atoms with van der Waals surface area (Å²) in [5.41, 5.74) is 0. The first kappa shape index (κ1) is 23.3. The molecule has 10 heteroatoms. The van der Waals surface area contributed by atoms with Gasteiger partial charge >= 0.3 is 6.18 Å². The molecular weight excluding hydrogens is 407 g/mol. The van der Waals surface area contributed by atoms with E-state index in [1.165, 1.54) is 4.90 Å². The van der Waals surface area contributed by atoms with Crippen LogP contribution in [0.15, 0.2) is 20.9 Å². The first-order chi connectivity index (χ1) is 13.4. The number of guanidine groups is 1. The van der Waals surface area contributed by atoms with Crippen molar-refractivity contribution in [2.24, 2.45) is 10.9 Å². The third-order valence-corrected chi connectivity index (χ3v) is 6.54. The van der Waals surface area contributed by atoms with E-state index < -0.39 is 12.7 Å². The molecule has 0 radical (unpaired) electrons.